The Morgan fingerprint density at radius 3 is 2.31 bits per heavy atom. The maximum atomic E-state index is 13.3. The fourth-order valence-electron chi connectivity index (χ4n) is 3.26. The van der Waals surface area contributed by atoms with Gasteiger partial charge in [0.05, 0.1) is 18.0 Å². The molecule has 0 unspecified atom stereocenters. The Bertz CT molecular complexity index is 1180. The van der Waals surface area contributed by atoms with Crippen LogP contribution in [0.15, 0.2) is 94.8 Å². The fourth-order valence-corrected chi connectivity index (χ4v) is 4.22. The highest BCUT2D eigenvalue weighted by molar-refractivity contribution is 8.18. The predicted octanol–water partition coefficient (Wildman–Crippen LogP) is 5.26. The second-order valence-electron chi connectivity index (χ2n) is 7.06. The van der Waals surface area contributed by atoms with Gasteiger partial charge in [0.1, 0.15) is 11.8 Å². The minimum absolute atomic E-state index is 0.0504. The van der Waals surface area contributed by atoms with Crippen molar-refractivity contribution in [1.29, 1.82) is 5.26 Å². The highest BCUT2D eigenvalue weighted by atomic mass is 32.2. The molecular weight excluding hydrogens is 418 g/mol. The number of nitriles is 1. The summed E-state index contributed by atoms with van der Waals surface area (Å²) >= 11 is 1.36. The summed E-state index contributed by atoms with van der Waals surface area (Å²) in [7, 11) is 0. The van der Waals surface area contributed by atoms with Gasteiger partial charge in [-0.1, -0.05) is 78.9 Å². The van der Waals surface area contributed by atoms with Crippen LogP contribution in [0, 0.1) is 11.3 Å². The monoisotopic (exact) mass is 439 g/mol. The van der Waals surface area contributed by atoms with Gasteiger partial charge in [0.2, 0.25) is 0 Å². The van der Waals surface area contributed by atoms with Crippen molar-refractivity contribution in [2.75, 3.05) is 6.61 Å². The van der Waals surface area contributed by atoms with Crippen molar-refractivity contribution in [3.05, 3.63) is 107 Å². The van der Waals surface area contributed by atoms with Crippen molar-refractivity contribution in [2.45, 2.75) is 13.1 Å². The van der Waals surface area contributed by atoms with Crippen molar-refractivity contribution in [3.63, 3.8) is 0 Å². The van der Waals surface area contributed by atoms with Crippen LogP contribution in [0.1, 0.15) is 16.7 Å². The lowest BCUT2D eigenvalue weighted by Gasteiger charge is -2.15. The Hall–Kier alpha value is -3.82. The lowest BCUT2D eigenvalue weighted by atomic mass is 10.1. The smallest absolute Gasteiger partial charge is 0.267 e. The van der Waals surface area contributed by atoms with Crippen LogP contribution >= 0.6 is 11.8 Å². The molecule has 32 heavy (non-hydrogen) atoms. The summed E-state index contributed by atoms with van der Waals surface area (Å²) in [5.41, 5.74) is 2.87. The number of carbonyl (C=O) groups is 1. The summed E-state index contributed by atoms with van der Waals surface area (Å²) in [6.45, 7) is 0.895. The average molecular weight is 440 g/mol. The number of thioether (sulfide) groups is 1. The summed E-state index contributed by atoms with van der Waals surface area (Å²) in [5.74, 6) is 0.472. The molecule has 0 bridgehead atoms. The summed E-state index contributed by atoms with van der Waals surface area (Å²) in [4.78, 5) is 20.4. The van der Waals surface area contributed by atoms with Gasteiger partial charge in [0.25, 0.3) is 5.91 Å². The van der Waals surface area contributed by atoms with E-state index in [4.69, 9.17) is 15.0 Å². The fraction of sp³-hybridized carbons (Fsp3) is 0.115. The first-order chi connectivity index (χ1) is 15.7. The van der Waals surface area contributed by atoms with Crippen LogP contribution in [-0.2, 0) is 17.9 Å². The molecule has 0 aliphatic carbocycles. The normalized spacial score (nSPS) is 15.8. The van der Waals surface area contributed by atoms with Crippen molar-refractivity contribution in [3.8, 4) is 11.8 Å². The maximum absolute atomic E-state index is 13.3. The van der Waals surface area contributed by atoms with E-state index in [1.54, 1.807) is 11.0 Å². The zero-order valence-electron chi connectivity index (χ0n) is 17.3. The molecule has 1 fully saturated rings. The minimum Gasteiger partial charge on any atom is -0.478 e. The molecule has 0 N–H and O–H groups in total. The average Bonchev–Trinajstić information content (AvgIpc) is 3.12. The molecule has 158 valence electrons. The summed E-state index contributed by atoms with van der Waals surface area (Å²) in [6.07, 6.45) is 1.81. The van der Waals surface area contributed by atoms with Gasteiger partial charge in [0, 0.05) is 5.56 Å². The van der Waals surface area contributed by atoms with Crippen LogP contribution in [0.4, 0.5) is 0 Å². The third-order valence-corrected chi connectivity index (χ3v) is 5.85. The lowest BCUT2D eigenvalue weighted by molar-refractivity contribution is -0.122. The Kier molecular flexibility index (Phi) is 7.01. The second-order valence-corrected chi connectivity index (χ2v) is 8.07. The number of hydrogen-bond donors (Lipinski definition) is 0. The number of aliphatic imine (C=N–C) groups is 1. The van der Waals surface area contributed by atoms with Crippen molar-refractivity contribution in [1.82, 2.24) is 4.90 Å². The molecule has 1 saturated heterocycles. The van der Waals surface area contributed by atoms with Crippen LogP contribution in [-0.4, -0.2) is 22.6 Å². The van der Waals surface area contributed by atoms with E-state index >= 15 is 0 Å². The van der Waals surface area contributed by atoms with Crippen LogP contribution in [0.3, 0.4) is 0 Å². The molecule has 0 spiro atoms. The number of amides is 1. The first-order valence-corrected chi connectivity index (χ1v) is 11.0. The molecule has 5 nitrogen and oxygen atoms in total. The molecule has 4 rings (SSSR count). The van der Waals surface area contributed by atoms with Gasteiger partial charge in [-0.15, -0.1) is 0 Å². The number of benzene rings is 3. The Labute approximate surface area is 191 Å². The zero-order valence-corrected chi connectivity index (χ0v) is 18.2. The summed E-state index contributed by atoms with van der Waals surface area (Å²) < 4.78 is 5.52. The summed E-state index contributed by atoms with van der Waals surface area (Å²) in [6, 6.07) is 29.2. The molecule has 0 aromatic heterocycles. The number of para-hydroxylation sites is 1. The van der Waals surface area contributed by atoms with Gasteiger partial charge in [-0.3, -0.25) is 14.7 Å². The van der Waals surface area contributed by atoms with Crippen molar-refractivity contribution < 1.29 is 9.53 Å². The molecule has 0 radical (unpaired) electrons. The van der Waals surface area contributed by atoms with Crippen molar-refractivity contribution in [2.24, 2.45) is 4.99 Å². The Balaban J connectivity index is 1.64. The molecule has 6 heteroatoms. The number of amidine groups is 1. The molecule has 1 aliphatic heterocycles. The number of ether oxygens (including phenoxy) is 1. The quantitative estimate of drug-likeness (QED) is 0.471. The van der Waals surface area contributed by atoms with Gasteiger partial charge >= 0.3 is 0 Å². The molecular formula is C26H21N3O2S. The maximum Gasteiger partial charge on any atom is 0.267 e. The first kappa shape index (κ1) is 21.4. The minimum atomic E-state index is -0.0965. The van der Waals surface area contributed by atoms with Crippen LogP contribution in [0.25, 0.3) is 6.08 Å². The van der Waals surface area contributed by atoms with E-state index in [1.165, 1.54) is 11.8 Å². The van der Waals surface area contributed by atoms with E-state index in [0.29, 0.717) is 28.9 Å². The predicted molar refractivity (Wildman–Crippen MR) is 128 cm³/mol. The molecule has 3 aromatic rings. The van der Waals surface area contributed by atoms with Crippen LogP contribution < -0.4 is 4.74 Å². The van der Waals surface area contributed by atoms with Gasteiger partial charge in [-0.2, -0.15) is 5.26 Å². The molecule has 1 heterocycles. The molecule has 1 amide bonds. The molecule has 0 saturated carbocycles. The summed E-state index contributed by atoms with van der Waals surface area (Å²) in [5, 5.41) is 9.51. The van der Waals surface area contributed by atoms with Crippen LogP contribution in [0.5, 0.6) is 5.75 Å². The lowest BCUT2D eigenvalue weighted by Crippen LogP contribution is -2.28. The van der Waals surface area contributed by atoms with Gasteiger partial charge < -0.3 is 4.74 Å². The van der Waals surface area contributed by atoms with Crippen molar-refractivity contribution >= 4 is 28.9 Å². The Morgan fingerprint density at radius 2 is 1.59 bits per heavy atom. The Morgan fingerprint density at radius 1 is 0.938 bits per heavy atom. The zero-order chi connectivity index (χ0) is 22.2. The second kappa shape index (κ2) is 10.5. The highest BCUT2D eigenvalue weighted by Crippen LogP contribution is 2.35. The largest absolute Gasteiger partial charge is 0.478 e. The van der Waals surface area contributed by atoms with E-state index in [9.17, 15) is 4.79 Å². The molecule has 0 atom stereocenters. The third-order valence-electron chi connectivity index (χ3n) is 4.81. The highest BCUT2D eigenvalue weighted by Gasteiger charge is 2.33. The number of hydrogen-bond acceptors (Lipinski definition) is 5. The standard InChI is InChI=1S/C26H21N3O2S/c27-15-16-31-23-14-8-7-13-22(23)17-24-25(30)29(19-21-11-5-2-6-12-21)26(32-24)28-18-20-9-3-1-4-10-20/h1-14,17H,16,18-19H2/b24-17-,28-26?. The van der Waals surface area contributed by atoms with E-state index in [0.717, 1.165) is 16.7 Å². The SMILES string of the molecule is N#CCOc1ccccc1/C=C1\SC(=NCc2ccccc2)N(Cc2ccccc2)C1=O. The van der Waals surface area contributed by atoms with Crippen LogP contribution in [0.2, 0.25) is 0 Å². The number of rotatable bonds is 7. The third kappa shape index (κ3) is 5.26. The van der Waals surface area contributed by atoms with E-state index in [1.807, 2.05) is 91.0 Å². The molecule has 3 aromatic carbocycles. The topological polar surface area (TPSA) is 65.7 Å². The van der Waals surface area contributed by atoms with E-state index in [-0.39, 0.29) is 12.5 Å². The van der Waals surface area contributed by atoms with Gasteiger partial charge in [0.15, 0.2) is 11.8 Å². The number of carbonyl (C=O) groups excluding carboxylic acids is 1. The van der Waals surface area contributed by atoms with Gasteiger partial charge in [-0.05, 0) is 35.0 Å². The molecule has 1 aliphatic rings. The van der Waals surface area contributed by atoms with Gasteiger partial charge in [-0.25, -0.2) is 0 Å². The number of nitrogens with zero attached hydrogens (tertiary/aromatic N) is 3. The van der Waals surface area contributed by atoms with E-state index in [2.05, 4.69) is 0 Å². The van der Waals surface area contributed by atoms with E-state index < -0.39 is 0 Å². The first-order valence-electron chi connectivity index (χ1n) is 10.2.